The first-order valence-corrected chi connectivity index (χ1v) is 6.40. The van der Waals surface area contributed by atoms with Gasteiger partial charge in [0.2, 0.25) is 0 Å². The van der Waals surface area contributed by atoms with Gasteiger partial charge in [-0.05, 0) is 39.1 Å². The highest BCUT2D eigenvalue weighted by Gasteiger charge is 2.28. The molecule has 0 aliphatic carbocycles. The van der Waals surface area contributed by atoms with Crippen LogP contribution < -0.4 is 5.73 Å². The molecule has 1 fully saturated rings. The Morgan fingerprint density at radius 2 is 2.35 bits per heavy atom. The molecule has 0 amide bonds. The first-order chi connectivity index (χ1) is 8.22. The van der Waals surface area contributed by atoms with Gasteiger partial charge < -0.3 is 15.1 Å². The third-order valence-electron chi connectivity index (χ3n) is 3.59. The maximum atomic E-state index is 5.93. The second-order valence-electron chi connectivity index (χ2n) is 4.97. The SMILES string of the molecule is CC1CN(C)CCCN1C(CN)c1ccco1. The van der Waals surface area contributed by atoms with Crippen molar-refractivity contribution in [2.75, 3.05) is 33.2 Å². The van der Waals surface area contributed by atoms with Crippen LogP contribution in [0.1, 0.15) is 25.1 Å². The molecule has 1 aromatic rings. The van der Waals surface area contributed by atoms with Crippen LogP contribution in [0, 0.1) is 0 Å². The molecule has 2 N–H and O–H groups in total. The molecule has 4 heteroatoms. The van der Waals surface area contributed by atoms with Gasteiger partial charge in [0.1, 0.15) is 5.76 Å². The normalized spacial score (nSPS) is 25.7. The Bertz CT molecular complexity index is 325. The molecule has 4 nitrogen and oxygen atoms in total. The van der Waals surface area contributed by atoms with E-state index in [1.165, 1.54) is 6.42 Å². The zero-order chi connectivity index (χ0) is 12.3. The quantitative estimate of drug-likeness (QED) is 0.861. The summed E-state index contributed by atoms with van der Waals surface area (Å²) >= 11 is 0. The Morgan fingerprint density at radius 3 is 3.00 bits per heavy atom. The predicted octanol–water partition coefficient (Wildman–Crippen LogP) is 1.31. The van der Waals surface area contributed by atoms with Crippen molar-refractivity contribution in [2.24, 2.45) is 5.73 Å². The van der Waals surface area contributed by atoms with Crippen LogP contribution in [-0.4, -0.2) is 49.1 Å². The van der Waals surface area contributed by atoms with Crippen LogP contribution in [0.4, 0.5) is 0 Å². The standard InChI is InChI=1S/C13H23N3O/c1-11-10-15(2)6-4-7-16(11)12(9-14)13-5-3-8-17-13/h3,5,8,11-12H,4,6-7,9-10,14H2,1-2H3. The highest BCUT2D eigenvalue weighted by atomic mass is 16.3. The van der Waals surface area contributed by atoms with E-state index in [0.29, 0.717) is 12.6 Å². The van der Waals surface area contributed by atoms with Gasteiger partial charge in [0, 0.05) is 25.7 Å². The zero-order valence-electron chi connectivity index (χ0n) is 10.8. The van der Waals surface area contributed by atoms with Crippen LogP contribution in [0.25, 0.3) is 0 Å². The molecule has 17 heavy (non-hydrogen) atoms. The Labute approximate surface area is 103 Å². The van der Waals surface area contributed by atoms with Crippen molar-refractivity contribution in [3.63, 3.8) is 0 Å². The third kappa shape index (κ3) is 2.89. The topological polar surface area (TPSA) is 45.6 Å². The van der Waals surface area contributed by atoms with Crippen molar-refractivity contribution in [1.29, 1.82) is 0 Å². The number of rotatable bonds is 3. The van der Waals surface area contributed by atoms with Gasteiger partial charge in [0.15, 0.2) is 0 Å². The molecule has 0 spiro atoms. The van der Waals surface area contributed by atoms with Crippen LogP contribution in [0.3, 0.4) is 0 Å². The van der Waals surface area contributed by atoms with Crippen LogP contribution in [0.2, 0.25) is 0 Å². The van der Waals surface area contributed by atoms with Crippen molar-refractivity contribution < 1.29 is 4.42 Å². The van der Waals surface area contributed by atoms with E-state index in [2.05, 4.69) is 23.8 Å². The Balaban J connectivity index is 2.13. The fourth-order valence-electron chi connectivity index (χ4n) is 2.75. The van der Waals surface area contributed by atoms with E-state index in [0.717, 1.165) is 25.4 Å². The van der Waals surface area contributed by atoms with Crippen LogP contribution in [0.15, 0.2) is 22.8 Å². The summed E-state index contributed by atoms with van der Waals surface area (Å²) in [6.07, 6.45) is 2.92. The van der Waals surface area contributed by atoms with Crippen molar-refractivity contribution in [3.05, 3.63) is 24.2 Å². The van der Waals surface area contributed by atoms with E-state index in [1.54, 1.807) is 6.26 Å². The second-order valence-corrected chi connectivity index (χ2v) is 4.97. The van der Waals surface area contributed by atoms with Gasteiger partial charge in [-0.1, -0.05) is 0 Å². The van der Waals surface area contributed by atoms with Crippen molar-refractivity contribution in [1.82, 2.24) is 9.80 Å². The van der Waals surface area contributed by atoms with Gasteiger partial charge >= 0.3 is 0 Å². The fraction of sp³-hybridized carbons (Fsp3) is 0.692. The Kier molecular flexibility index (Phi) is 4.20. The molecule has 96 valence electrons. The molecule has 1 aliphatic heterocycles. The number of nitrogens with two attached hydrogens (primary N) is 1. The number of nitrogens with zero attached hydrogens (tertiary/aromatic N) is 2. The van der Waals surface area contributed by atoms with E-state index in [-0.39, 0.29) is 6.04 Å². The van der Waals surface area contributed by atoms with E-state index in [4.69, 9.17) is 10.2 Å². The minimum atomic E-state index is 0.214. The van der Waals surface area contributed by atoms with Crippen LogP contribution in [0.5, 0.6) is 0 Å². The fourth-order valence-corrected chi connectivity index (χ4v) is 2.75. The predicted molar refractivity (Wildman–Crippen MR) is 68.8 cm³/mol. The third-order valence-corrected chi connectivity index (χ3v) is 3.59. The van der Waals surface area contributed by atoms with Gasteiger partial charge in [-0.3, -0.25) is 4.90 Å². The van der Waals surface area contributed by atoms with Gasteiger partial charge in [-0.2, -0.15) is 0 Å². The van der Waals surface area contributed by atoms with Gasteiger partial charge in [0.05, 0.1) is 12.3 Å². The van der Waals surface area contributed by atoms with Crippen LogP contribution in [-0.2, 0) is 0 Å². The average Bonchev–Trinajstić information content (AvgIpc) is 2.75. The monoisotopic (exact) mass is 237 g/mol. The lowest BCUT2D eigenvalue weighted by Gasteiger charge is -2.33. The minimum absolute atomic E-state index is 0.214. The maximum absolute atomic E-state index is 5.93. The van der Waals surface area contributed by atoms with Gasteiger partial charge in [-0.25, -0.2) is 0 Å². The molecule has 2 rings (SSSR count). The highest BCUT2D eigenvalue weighted by molar-refractivity contribution is 5.06. The minimum Gasteiger partial charge on any atom is -0.468 e. The molecule has 2 heterocycles. The van der Waals surface area contributed by atoms with E-state index >= 15 is 0 Å². The largest absolute Gasteiger partial charge is 0.468 e. The first kappa shape index (κ1) is 12.6. The second kappa shape index (κ2) is 5.67. The molecule has 0 aromatic carbocycles. The number of hydrogen-bond acceptors (Lipinski definition) is 4. The molecule has 1 aliphatic rings. The van der Waals surface area contributed by atoms with Crippen molar-refractivity contribution in [3.8, 4) is 0 Å². The molecule has 1 aromatic heterocycles. The summed E-state index contributed by atoms with van der Waals surface area (Å²) in [7, 11) is 2.18. The molecule has 0 saturated carbocycles. The van der Waals surface area contributed by atoms with Crippen molar-refractivity contribution >= 4 is 0 Å². The lowest BCUT2D eigenvalue weighted by Crippen LogP contribution is -2.42. The van der Waals surface area contributed by atoms with E-state index in [9.17, 15) is 0 Å². The summed E-state index contributed by atoms with van der Waals surface area (Å²) in [4.78, 5) is 4.86. The van der Waals surface area contributed by atoms with Gasteiger partial charge in [-0.15, -0.1) is 0 Å². The Hall–Kier alpha value is -0.840. The summed E-state index contributed by atoms with van der Waals surface area (Å²) in [5.74, 6) is 0.990. The molecule has 1 saturated heterocycles. The van der Waals surface area contributed by atoms with E-state index in [1.807, 2.05) is 12.1 Å². The summed E-state index contributed by atoms with van der Waals surface area (Å²) in [6, 6.07) is 4.69. The first-order valence-electron chi connectivity index (χ1n) is 6.40. The summed E-state index contributed by atoms with van der Waals surface area (Å²) in [6.45, 7) is 6.23. The molecular weight excluding hydrogens is 214 g/mol. The zero-order valence-corrected chi connectivity index (χ0v) is 10.8. The molecule has 2 unspecified atom stereocenters. The average molecular weight is 237 g/mol. The smallest absolute Gasteiger partial charge is 0.122 e. The summed E-state index contributed by atoms with van der Waals surface area (Å²) < 4.78 is 5.52. The number of hydrogen-bond donors (Lipinski definition) is 1. The number of likely N-dealkylation sites (N-methyl/N-ethyl adjacent to an activating group) is 1. The van der Waals surface area contributed by atoms with Crippen LogP contribution >= 0.6 is 0 Å². The molecule has 0 radical (unpaired) electrons. The number of furan rings is 1. The molecule has 0 bridgehead atoms. The molecule has 2 atom stereocenters. The molecular formula is C13H23N3O. The summed E-state index contributed by atoms with van der Waals surface area (Å²) in [5.41, 5.74) is 5.93. The van der Waals surface area contributed by atoms with Gasteiger partial charge in [0.25, 0.3) is 0 Å². The lowest BCUT2D eigenvalue weighted by molar-refractivity contribution is 0.130. The summed E-state index contributed by atoms with van der Waals surface area (Å²) in [5, 5.41) is 0. The maximum Gasteiger partial charge on any atom is 0.122 e. The Morgan fingerprint density at radius 1 is 1.53 bits per heavy atom. The van der Waals surface area contributed by atoms with Crippen molar-refractivity contribution in [2.45, 2.75) is 25.4 Å². The highest BCUT2D eigenvalue weighted by Crippen LogP contribution is 2.24. The van der Waals surface area contributed by atoms with E-state index < -0.39 is 0 Å². The lowest BCUT2D eigenvalue weighted by atomic mass is 10.1.